The normalized spacial score (nSPS) is 21.4. The first kappa shape index (κ1) is 8.82. The predicted octanol–water partition coefficient (Wildman–Crippen LogP) is 2.73. The summed E-state index contributed by atoms with van der Waals surface area (Å²) in [6.45, 7) is 4.41. The Kier molecular flexibility index (Phi) is 2.40. The second-order valence-electron chi connectivity index (χ2n) is 4.03. The van der Waals surface area contributed by atoms with Crippen molar-refractivity contribution in [3.05, 3.63) is 24.2 Å². The zero-order chi connectivity index (χ0) is 9.26. The molecule has 0 saturated heterocycles. The van der Waals surface area contributed by atoms with Crippen LogP contribution in [0, 0.1) is 5.92 Å². The van der Waals surface area contributed by atoms with E-state index in [0.717, 1.165) is 11.7 Å². The molecule has 13 heavy (non-hydrogen) atoms. The summed E-state index contributed by atoms with van der Waals surface area (Å²) < 4.78 is 5.33. The highest BCUT2D eigenvalue weighted by atomic mass is 16.3. The first-order valence-electron chi connectivity index (χ1n) is 5.07. The Balaban J connectivity index is 1.87. The van der Waals surface area contributed by atoms with Crippen molar-refractivity contribution in [3.63, 3.8) is 0 Å². The number of furan rings is 1. The van der Waals surface area contributed by atoms with E-state index in [9.17, 15) is 0 Å². The molecule has 1 aromatic heterocycles. The molecule has 1 heterocycles. The van der Waals surface area contributed by atoms with Crippen LogP contribution in [0.5, 0.6) is 0 Å². The van der Waals surface area contributed by atoms with Gasteiger partial charge >= 0.3 is 0 Å². The summed E-state index contributed by atoms with van der Waals surface area (Å²) >= 11 is 0. The van der Waals surface area contributed by atoms with Gasteiger partial charge in [-0.05, 0) is 44.7 Å². The maximum Gasteiger partial charge on any atom is 0.120 e. The second-order valence-corrected chi connectivity index (χ2v) is 4.03. The highest BCUT2D eigenvalue weighted by molar-refractivity contribution is 5.03. The minimum atomic E-state index is 0.339. The molecule has 2 nitrogen and oxygen atoms in total. The van der Waals surface area contributed by atoms with Gasteiger partial charge in [-0.25, -0.2) is 0 Å². The van der Waals surface area contributed by atoms with E-state index in [0.29, 0.717) is 12.1 Å². The number of hydrogen-bond donors (Lipinski definition) is 1. The SMILES string of the molecule is CC(N[C@@H](C)c1ccco1)C1CC1. The molecule has 2 rings (SSSR count). The second kappa shape index (κ2) is 3.54. The summed E-state index contributed by atoms with van der Waals surface area (Å²) in [7, 11) is 0. The van der Waals surface area contributed by atoms with Crippen LogP contribution in [0.1, 0.15) is 38.5 Å². The third kappa shape index (κ3) is 2.13. The fraction of sp³-hybridized carbons (Fsp3) is 0.636. The first-order chi connectivity index (χ1) is 6.27. The smallest absolute Gasteiger partial charge is 0.120 e. The fourth-order valence-corrected chi connectivity index (χ4v) is 1.75. The Hall–Kier alpha value is -0.760. The molecular weight excluding hydrogens is 162 g/mol. The van der Waals surface area contributed by atoms with E-state index in [4.69, 9.17) is 4.42 Å². The van der Waals surface area contributed by atoms with Crippen molar-refractivity contribution in [2.24, 2.45) is 5.92 Å². The van der Waals surface area contributed by atoms with Gasteiger partial charge in [-0.1, -0.05) is 0 Å². The number of nitrogens with one attached hydrogen (secondary N) is 1. The van der Waals surface area contributed by atoms with Crippen molar-refractivity contribution in [2.75, 3.05) is 0 Å². The van der Waals surface area contributed by atoms with Gasteiger partial charge in [-0.3, -0.25) is 0 Å². The molecule has 0 aromatic carbocycles. The standard InChI is InChI=1S/C11H17NO/c1-8(10-5-6-10)12-9(2)11-4-3-7-13-11/h3-4,7-10,12H,5-6H2,1-2H3/t8?,9-/m0/s1. The quantitative estimate of drug-likeness (QED) is 0.768. The van der Waals surface area contributed by atoms with E-state index >= 15 is 0 Å². The molecule has 2 heteroatoms. The molecule has 1 aliphatic carbocycles. The summed E-state index contributed by atoms with van der Waals surface area (Å²) in [5, 5.41) is 3.55. The number of hydrogen-bond acceptors (Lipinski definition) is 2. The van der Waals surface area contributed by atoms with Crippen LogP contribution in [0.3, 0.4) is 0 Å². The molecule has 1 aromatic rings. The average molecular weight is 179 g/mol. The lowest BCUT2D eigenvalue weighted by Gasteiger charge is -2.17. The molecule has 0 amide bonds. The summed E-state index contributed by atoms with van der Waals surface area (Å²) in [6, 6.07) is 4.93. The van der Waals surface area contributed by atoms with Gasteiger partial charge in [0.15, 0.2) is 0 Å². The topological polar surface area (TPSA) is 25.2 Å². The van der Waals surface area contributed by atoms with Gasteiger partial charge < -0.3 is 9.73 Å². The van der Waals surface area contributed by atoms with Crippen molar-refractivity contribution < 1.29 is 4.42 Å². The van der Waals surface area contributed by atoms with Crippen molar-refractivity contribution in [3.8, 4) is 0 Å². The van der Waals surface area contributed by atoms with Crippen molar-refractivity contribution in [2.45, 2.75) is 38.8 Å². The largest absolute Gasteiger partial charge is 0.468 e. The molecule has 0 radical (unpaired) electrons. The first-order valence-corrected chi connectivity index (χ1v) is 5.07. The maximum atomic E-state index is 5.33. The fourth-order valence-electron chi connectivity index (χ4n) is 1.75. The summed E-state index contributed by atoms with van der Waals surface area (Å²) in [5.41, 5.74) is 0. The van der Waals surface area contributed by atoms with Crippen molar-refractivity contribution >= 4 is 0 Å². The predicted molar refractivity (Wildman–Crippen MR) is 52.4 cm³/mol. The summed E-state index contributed by atoms with van der Waals surface area (Å²) in [6.07, 6.45) is 4.51. The average Bonchev–Trinajstić information content (AvgIpc) is 2.81. The lowest BCUT2D eigenvalue weighted by molar-refractivity contribution is 0.380. The highest BCUT2D eigenvalue weighted by Crippen LogP contribution is 2.33. The molecule has 0 aliphatic heterocycles. The van der Waals surface area contributed by atoms with Gasteiger partial charge in [0, 0.05) is 6.04 Å². The monoisotopic (exact) mass is 179 g/mol. The van der Waals surface area contributed by atoms with Crippen molar-refractivity contribution in [1.82, 2.24) is 5.32 Å². The zero-order valence-electron chi connectivity index (χ0n) is 8.29. The zero-order valence-corrected chi connectivity index (χ0v) is 8.29. The van der Waals surface area contributed by atoms with E-state index in [1.807, 2.05) is 12.1 Å². The lowest BCUT2D eigenvalue weighted by atomic mass is 10.1. The third-order valence-corrected chi connectivity index (χ3v) is 2.81. The van der Waals surface area contributed by atoms with E-state index in [1.54, 1.807) is 6.26 Å². The van der Waals surface area contributed by atoms with E-state index in [-0.39, 0.29) is 0 Å². The highest BCUT2D eigenvalue weighted by Gasteiger charge is 2.28. The van der Waals surface area contributed by atoms with Gasteiger partial charge in [0.1, 0.15) is 5.76 Å². The minimum absolute atomic E-state index is 0.339. The van der Waals surface area contributed by atoms with Gasteiger partial charge in [0.25, 0.3) is 0 Å². The van der Waals surface area contributed by atoms with Crippen LogP contribution in [0.4, 0.5) is 0 Å². The van der Waals surface area contributed by atoms with Crippen LogP contribution in [0.15, 0.2) is 22.8 Å². The van der Waals surface area contributed by atoms with Crippen LogP contribution in [0.25, 0.3) is 0 Å². The Morgan fingerprint density at radius 3 is 2.77 bits per heavy atom. The molecule has 1 fully saturated rings. The number of rotatable bonds is 4. The van der Waals surface area contributed by atoms with Gasteiger partial charge in [0.2, 0.25) is 0 Å². The van der Waals surface area contributed by atoms with E-state index < -0.39 is 0 Å². The minimum Gasteiger partial charge on any atom is -0.468 e. The lowest BCUT2D eigenvalue weighted by Crippen LogP contribution is -2.30. The van der Waals surface area contributed by atoms with Crippen LogP contribution in [-0.4, -0.2) is 6.04 Å². The Morgan fingerprint density at radius 1 is 1.46 bits per heavy atom. The van der Waals surface area contributed by atoms with E-state index in [1.165, 1.54) is 12.8 Å². The Labute approximate surface area is 79.3 Å². The maximum absolute atomic E-state index is 5.33. The molecule has 2 atom stereocenters. The Bertz CT molecular complexity index is 251. The summed E-state index contributed by atoms with van der Waals surface area (Å²) in [4.78, 5) is 0. The van der Waals surface area contributed by atoms with Crippen LogP contribution >= 0.6 is 0 Å². The molecule has 1 N–H and O–H groups in total. The molecule has 0 bridgehead atoms. The molecule has 1 saturated carbocycles. The molecule has 0 spiro atoms. The van der Waals surface area contributed by atoms with Crippen molar-refractivity contribution in [1.29, 1.82) is 0 Å². The molecular formula is C11H17NO. The van der Waals surface area contributed by atoms with Crippen LogP contribution in [0.2, 0.25) is 0 Å². The van der Waals surface area contributed by atoms with Crippen LogP contribution in [-0.2, 0) is 0 Å². The molecule has 72 valence electrons. The van der Waals surface area contributed by atoms with Crippen LogP contribution < -0.4 is 5.32 Å². The van der Waals surface area contributed by atoms with Gasteiger partial charge in [-0.15, -0.1) is 0 Å². The van der Waals surface area contributed by atoms with Gasteiger partial charge in [-0.2, -0.15) is 0 Å². The molecule has 1 unspecified atom stereocenters. The third-order valence-electron chi connectivity index (χ3n) is 2.81. The Morgan fingerprint density at radius 2 is 2.23 bits per heavy atom. The summed E-state index contributed by atoms with van der Waals surface area (Å²) in [5.74, 6) is 1.94. The van der Waals surface area contributed by atoms with E-state index in [2.05, 4.69) is 19.2 Å². The molecule has 1 aliphatic rings. The van der Waals surface area contributed by atoms with Gasteiger partial charge in [0.05, 0.1) is 12.3 Å².